The number of hydrogen-bond acceptors (Lipinski definition) is 4. The number of rotatable bonds is 5. The smallest absolute Gasteiger partial charge is 0.231 e. The Bertz CT molecular complexity index is 896. The van der Waals surface area contributed by atoms with Gasteiger partial charge in [-0.05, 0) is 73.6 Å². The van der Waals surface area contributed by atoms with Gasteiger partial charge in [0, 0.05) is 24.2 Å². The van der Waals surface area contributed by atoms with E-state index < -0.39 is 0 Å². The van der Waals surface area contributed by atoms with Crippen LogP contribution >= 0.6 is 12.4 Å². The maximum Gasteiger partial charge on any atom is 0.231 e. The molecule has 2 bridgehead atoms. The van der Waals surface area contributed by atoms with Crippen molar-refractivity contribution in [3.05, 3.63) is 53.8 Å². The topological polar surface area (TPSA) is 50.8 Å². The second-order valence-corrected chi connectivity index (χ2v) is 8.32. The highest BCUT2D eigenvalue weighted by atomic mass is 35.5. The van der Waals surface area contributed by atoms with Crippen LogP contribution in [0.15, 0.2) is 42.5 Å². The molecule has 5 rings (SSSR count). The zero-order valence-corrected chi connectivity index (χ0v) is 17.5. The number of benzene rings is 2. The van der Waals surface area contributed by atoms with Gasteiger partial charge >= 0.3 is 0 Å². The number of anilines is 1. The normalized spacial score (nSPS) is 23.7. The molecule has 3 aliphatic heterocycles. The summed E-state index contributed by atoms with van der Waals surface area (Å²) >= 11 is 0. The first-order valence-electron chi connectivity index (χ1n) is 10.3. The van der Waals surface area contributed by atoms with Gasteiger partial charge in [-0.15, -0.1) is 12.4 Å². The van der Waals surface area contributed by atoms with E-state index in [1.54, 1.807) is 17.0 Å². The summed E-state index contributed by atoms with van der Waals surface area (Å²) in [5.41, 5.74) is 1.67. The average Bonchev–Trinajstić information content (AvgIpc) is 3.32. The van der Waals surface area contributed by atoms with E-state index in [2.05, 4.69) is 5.32 Å². The number of nitrogens with one attached hydrogen (secondary N) is 1. The molecule has 2 fully saturated rings. The Hall–Kier alpha value is -2.31. The Morgan fingerprint density at radius 1 is 1.03 bits per heavy atom. The average molecular weight is 433 g/mol. The zero-order valence-electron chi connectivity index (χ0n) is 16.7. The first-order valence-corrected chi connectivity index (χ1v) is 10.3. The second kappa shape index (κ2) is 8.82. The first kappa shape index (κ1) is 20.9. The highest BCUT2D eigenvalue weighted by Crippen LogP contribution is 2.35. The monoisotopic (exact) mass is 432 g/mol. The summed E-state index contributed by atoms with van der Waals surface area (Å²) < 4.78 is 24.3. The van der Waals surface area contributed by atoms with Crippen LogP contribution in [0.4, 0.5) is 10.1 Å². The van der Waals surface area contributed by atoms with E-state index in [1.165, 1.54) is 25.0 Å². The van der Waals surface area contributed by atoms with Crippen LogP contribution in [0.5, 0.6) is 11.5 Å². The molecule has 2 atom stereocenters. The van der Waals surface area contributed by atoms with Gasteiger partial charge in [0.05, 0.1) is 6.54 Å². The number of carbonyl (C=O) groups excluding carboxylic acids is 1. The Morgan fingerprint density at radius 3 is 2.47 bits per heavy atom. The lowest BCUT2D eigenvalue weighted by atomic mass is 9.89. The fourth-order valence-corrected chi connectivity index (χ4v) is 4.87. The standard InChI is InChI=1S/C23H25FN2O3.ClH/c24-17-2-6-20(7-3-17)26(13-15-1-8-21-22(11-15)29-14-28-21)23(27)12-16-9-18-4-5-19(10-16)25-18;/h1-3,6-8,11,16,18-19,25H,4-5,9-10,12-14H2;1H. The number of piperidine rings is 1. The molecule has 7 heteroatoms. The van der Waals surface area contributed by atoms with Crippen molar-refractivity contribution in [1.82, 2.24) is 5.32 Å². The largest absolute Gasteiger partial charge is 0.454 e. The predicted molar refractivity (Wildman–Crippen MR) is 115 cm³/mol. The van der Waals surface area contributed by atoms with Crippen LogP contribution in [0.1, 0.15) is 37.7 Å². The highest BCUT2D eigenvalue weighted by molar-refractivity contribution is 5.93. The van der Waals surface area contributed by atoms with Gasteiger partial charge in [0.2, 0.25) is 12.7 Å². The fourth-order valence-electron chi connectivity index (χ4n) is 4.87. The van der Waals surface area contributed by atoms with Crippen LogP contribution in [0.25, 0.3) is 0 Å². The van der Waals surface area contributed by atoms with Crippen molar-refractivity contribution >= 4 is 24.0 Å². The van der Waals surface area contributed by atoms with Crippen molar-refractivity contribution in [3.8, 4) is 11.5 Å². The Kier molecular flexibility index (Phi) is 6.16. The molecule has 0 spiro atoms. The summed E-state index contributed by atoms with van der Waals surface area (Å²) in [6, 6.07) is 13.0. The van der Waals surface area contributed by atoms with Gasteiger partial charge in [0.15, 0.2) is 11.5 Å². The van der Waals surface area contributed by atoms with Gasteiger partial charge in [-0.2, -0.15) is 0 Å². The molecule has 3 heterocycles. The number of ether oxygens (including phenoxy) is 2. The van der Waals surface area contributed by atoms with E-state index in [4.69, 9.17) is 9.47 Å². The van der Waals surface area contributed by atoms with E-state index in [9.17, 15) is 9.18 Å². The van der Waals surface area contributed by atoms with Crippen molar-refractivity contribution in [2.24, 2.45) is 5.92 Å². The Balaban J connectivity index is 0.00000218. The number of carbonyl (C=O) groups is 1. The molecule has 0 radical (unpaired) electrons. The second-order valence-electron chi connectivity index (χ2n) is 8.32. The fraction of sp³-hybridized carbons (Fsp3) is 0.435. The van der Waals surface area contributed by atoms with Crippen LogP contribution in [0.3, 0.4) is 0 Å². The number of hydrogen-bond donors (Lipinski definition) is 1. The number of amides is 1. The SMILES string of the molecule is Cl.O=C(CC1CC2CCC(C1)N2)N(Cc1ccc2c(c1)OCO2)c1ccc(F)cc1. The lowest BCUT2D eigenvalue weighted by Crippen LogP contribution is -2.40. The molecule has 3 aliphatic rings. The van der Waals surface area contributed by atoms with Crippen LogP contribution in [-0.2, 0) is 11.3 Å². The van der Waals surface area contributed by atoms with Crippen molar-refractivity contribution in [2.75, 3.05) is 11.7 Å². The molecular weight excluding hydrogens is 407 g/mol. The minimum Gasteiger partial charge on any atom is -0.454 e. The van der Waals surface area contributed by atoms with Crippen LogP contribution < -0.4 is 19.7 Å². The summed E-state index contributed by atoms with van der Waals surface area (Å²) in [5.74, 6) is 1.60. The summed E-state index contributed by atoms with van der Waals surface area (Å²) in [7, 11) is 0. The molecule has 1 amide bonds. The molecule has 0 aromatic heterocycles. The van der Waals surface area contributed by atoms with Crippen LogP contribution in [0, 0.1) is 11.7 Å². The van der Waals surface area contributed by atoms with Crippen molar-refractivity contribution in [2.45, 2.75) is 50.7 Å². The summed E-state index contributed by atoms with van der Waals surface area (Å²) in [5, 5.41) is 3.63. The number of nitrogens with zero attached hydrogens (tertiary/aromatic N) is 1. The van der Waals surface area contributed by atoms with Gasteiger partial charge in [0.1, 0.15) is 5.82 Å². The Morgan fingerprint density at radius 2 is 1.73 bits per heavy atom. The summed E-state index contributed by atoms with van der Waals surface area (Å²) in [6.07, 6.45) is 5.08. The molecule has 5 nitrogen and oxygen atoms in total. The molecular formula is C23H26ClFN2O3. The predicted octanol–water partition coefficient (Wildman–Crippen LogP) is 4.43. The summed E-state index contributed by atoms with van der Waals surface area (Å²) in [4.78, 5) is 15.1. The van der Waals surface area contributed by atoms with E-state index >= 15 is 0 Å². The van der Waals surface area contributed by atoms with Gasteiger partial charge < -0.3 is 19.7 Å². The van der Waals surface area contributed by atoms with Gasteiger partial charge in [-0.1, -0.05) is 6.07 Å². The maximum absolute atomic E-state index is 13.5. The lowest BCUT2D eigenvalue weighted by molar-refractivity contribution is -0.119. The molecule has 30 heavy (non-hydrogen) atoms. The first-order chi connectivity index (χ1) is 14.1. The Labute approximate surface area is 182 Å². The lowest BCUT2D eigenvalue weighted by Gasteiger charge is -2.31. The minimum absolute atomic E-state index is 0. The zero-order chi connectivity index (χ0) is 19.8. The third kappa shape index (κ3) is 4.40. The molecule has 2 saturated heterocycles. The summed E-state index contributed by atoms with van der Waals surface area (Å²) in [6.45, 7) is 0.635. The number of fused-ring (bicyclic) bond motifs is 3. The third-order valence-corrected chi connectivity index (χ3v) is 6.25. The van der Waals surface area contributed by atoms with Crippen LogP contribution in [0.2, 0.25) is 0 Å². The molecule has 2 unspecified atom stereocenters. The van der Waals surface area contributed by atoms with E-state index in [1.807, 2.05) is 18.2 Å². The molecule has 2 aromatic carbocycles. The minimum atomic E-state index is -0.306. The molecule has 2 aromatic rings. The van der Waals surface area contributed by atoms with Gasteiger partial charge in [0.25, 0.3) is 0 Å². The maximum atomic E-state index is 13.5. The molecule has 1 N–H and O–H groups in total. The van der Waals surface area contributed by atoms with Crippen molar-refractivity contribution in [1.29, 1.82) is 0 Å². The van der Waals surface area contributed by atoms with E-state index in [-0.39, 0.29) is 30.9 Å². The molecule has 0 saturated carbocycles. The van der Waals surface area contributed by atoms with Crippen LogP contribution in [-0.4, -0.2) is 24.8 Å². The molecule has 160 valence electrons. The quantitative estimate of drug-likeness (QED) is 0.759. The molecule has 0 aliphatic carbocycles. The van der Waals surface area contributed by atoms with Gasteiger partial charge in [-0.3, -0.25) is 4.79 Å². The number of halogens is 2. The van der Waals surface area contributed by atoms with Gasteiger partial charge in [-0.25, -0.2) is 4.39 Å². The van der Waals surface area contributed by atoms with E-state index in [0.717, 1.165) is 24.2 Å². The van der Waals surface area contributed by atoms with Crippen molar-refractivity contribution in [3.63, 3.8) is 0 Å². The third-order valence-electron chi connectivity index (χ3n) is 6.25. The van der Waals surface area contributed by atoms with Crippen molar-refractivity contribution < 1.29 is 18.7 Å². The highest BCUT2D eigenvalue weighted by Gasteiger charge is 2.35. The van der Waals surface area contributed by atoms with E-state index in [0.29, 0.717) is 42.4 Å².